The molecule has 0 fully saturated rings. The van der Waals surface area contributed by atoms with Crippen LogP contribution < -0.4 is 0 Å². The molecule has 1 aromatic carbocycles. The lowest BCUT2D eigenvalue weighted by molar-refractivity contribution is 0.0652. The number of thioether (sulfide) groups is 1. The summed E-state index contributed by atoms with van der Waals surface area (Å²) in [5.74, 6) is -5.58. The predicted octanol–water partition coefficient (Wildman–Crippen LogP) is 3.18. The third-order valence-electron chi connectivity index (χ3n) is 2.32. The van der Waals surface area contributed by atoms with Crippen molar-refractivity contribution in [3.63, 3.8) is 0 Å². The van der Waals surface area contributed by atoms with E-state index in [0.717, 1.165) is 23.9 Å². The van der Waals surface area contributed by atoms with Crippen LogP contribution in [-0.2, 0) is 0 Å². The number of carboxylic acid groups (broad SMARTS) is 1. The van der Waals surface area contributed by atoms with Crippen molar-refractivity contribution < 1.29 is 27.6 Å². The number of benzene rings is 1. The van der Waals surface area contributed by atoms with Gasteiger partial charge < -0.3 is 9.63 Å². The first-order chi connectivity index (χ1) is 8.95. The van der Waals surface area contributed by atoms with E-state index in [4.69, 9.17) is 5.11 Å². The van der Waals surface area contributed by atoms with Gasteiger partial charge in [-0.2, -0.15) is 0 Å². The first-order valence-corrected chi connectivity index (χ1v) is 6.10. The minimum Gasteiger partial charge on any atom is -0.475 e. The zero-order valence-corrected chi connectivity index (χ0v) is 10.2. The van der Waals surface area contributed by atoms with E-state index in [1.165, 1.54) is 6.26 Å². The molecular formula is C11H6F3NO3S. The number of halogens is 3. The fourth-order valence-corrected chi connectivity index (χ4v) is 1.98. The molecule has 0 saturated heterocycles. The van der Waals surface area contributed by atoms with Gasteiger partial charge in [0.2, 0.25) is 5.76 Å². The summed E-state index contributed by atoms with van der Waals surface area (Å²) in [5.41, 5.74) is -0.788. The molecule has 0 amide bonds. The Morgan fingerprint density at radius 1 is 1.32 bits per heavy atom. The Kier molecular flexibility index (Phi) is 3.52. The van der Waals surface area contributed by atoms with Crippen molar-refractivity contribution in [3.05, 3.63) is 35.3 Å². The maximum Gasteiger partial charge on any atom is 0.374 e. The molecule has 8 heteroatoms. The lowest BCUT2D eigenvalue weighted by Gasteiger charge is -2.05. The average Bonchev–Trinajstić information content (AvgIpc) is 2.84. The Balaban J connectivity index is 2.59. The lowest BCUT2D eigenvalue weighted by Crippen LogP contribution is -1.97. The molecule has 0 atom stereocenters. The molecule has 100 valence electrons. The van der Waals surface area contributed by atoms with Gasteiger partial charge in [-0.25, -0.2) is 18.0 Å². The number of carboxylic acids is 1. The van der Waals surface area contributed by atoms with Crippen LogP contribution in [0.2, 0.25) is 0 Å². The summed E-state index contributed by atoms with van der Waals surface area (Å²) >= 11 is 0.722. The highest BCUT2D eigenvalue weighted by Crippen LogP contribution is 2.32. The van der Waals surface area contributed by atoms with E-state index in [9.17, 15) is 18.0 Å². The van der Waals surface area contributed by atoms with E-state index in [1.807, 2.05) is 0 Å². The molecule has 0 aliphatic heterocycles. The van der Waals surface area contributed by atoms with Crippen molar-refractivity contribution in [1.29, 1.82) is 0 Å². The van der Waals surface area contributed by atoms with Gasteiger partial charge in [-0.1, -0.05) is 5.16 Å². The Bertz CT molecular complexity index is 657. The smallest absolute Gasteiger partial charge is 0.374 e. The molecule has 1 N–H and O–H groups in total. The van der Waals surface area contributed by atoms with E-state index in [2.05, 4.69) is 9.68 Å². The summed E-state index contributed by atoms with van der Waals surface area (Å²) in [7, 11) is 0. The highest BCUT2D eigenvalue weighted by molar-refractivity contribution is 7.98. The third-order valence-corrected chi connectivity index (χ3v) is 3.10. The van der Waals surface area contributed by atoms with Crippen LogP contribution >= 0.6 is 11.8 Å². The molecule has 19 heavy (non-hydrogen) atoms. The molecule has 4 nitrogen and oxygen atoms in total. The van der Waals surface area contributed by atoms with Crippen molar-refractivity contribution in [1.82, 2.24) is 5.16 Å². The number of nitrogens with zero attached hydrogens (tertiary/aromatic N) is 1. The Hall–Kier alpha value is -1.96. The Morgan fingerprint density at radius 3 is 2.53 bits per heavy atom. The summed E-state index contributed by atoms with van der Waals surface area (Å²) in [6, 6.07) is 1.63. The molecule has 2 aromatic rings. The summed E-state index contributed by atoms with van der Waals surface area (Å²) in [4.78, 5) is 10.1. The van der Waals surface area contributed by atoms with Crippen molar-refractivity contribution in [2.75, 3.05) is 6.26 Å². The maximum absolute atomic E-state index is 13.7. The number of hydrogen-bond acceptors (Lipinski definition) is 4. The van der Waals surface area contributed by atoms with Crippen LogP contribution in [0, 0.1) is 17.5 Å². The molecular weight excluding hydrogens is 283 g/mol. The van der Waals surface area contributed by atoms with Crippen LogP contribution in [0.15, 0.2) is 21.6 Å². The highest BCUT2D eigenvalue weighted by Gasteiger charge is 2.22. The second-order valence-electron chi connectivity index (χ2n) is 3.45. The van der Waals surface area contributed by atoms with Gasteiger partial charge in [0.25, 0.3) is 0 Å². The molecule has 1 heterocycles. The molecule has 0 unspecified atom stereocenters. The van der Waals surface area contributed by atoms with Crippen LogP contribution in [0.25, 0.3) is 11.3 Å². The standard InChI is InChI=1S/C11H6F3NO3S/c1-19-10-5(12)2-4(8(13)9(10)14)6-3-7(11(16)17)18-15-6/h2-3H,1H3,(H,16,17). The Labute approximate surface area is 109 Å². The molecule has 0 spiro atoms. The number of hydrogen-bond donors (Lipinski definition) is 1. The predicted molar refractivity (Wildman–Crippen MR) is 60.6 cm³/mol. The summed E-state index contributed by atoms with van der Waals surface area (Å²) in [6.07, 6.45) is 1.40. The largest absolute Gasteiger partial charge is 0.475 e. The number of aromatic nitrogens is 1. The second kappa shape index (κ2) is 4.96. The number of carbonyl (C=O) groups is 1. The normalized spacial score (nSPS) is 10.7. The fourth-order valence-electron chi connectivity index (χ4n) is 1.45. The first-order valence-electron chi connectivity index (χ1n) is 4.87. The van der Waals surface area contributed by atoms with Crippen molar-refractivity contribution in [3.8, 4) is 11.3 Å². The van der Waals surface area contributed by atoms with Crippen LogP contribution in [0.5, 0.6) is 0 Å². The fraction of sp³-hybridized carbons (Fsp3) is 0.0909. The van der Waals surface area contributed by atoms with Crippen molar-refractivity contribution >= 4 is 17.7 Å². The molecule has 0 aliphatic rings. The van der Waals surface area contributed by atoms with Crippen LogP contribution in [0.4, 0.5) is 13.2 Å². The van der Waals surface area contributed by atoms with Gasteiger partial charge in [0, 0.05) is 11.6 Å². The van der Waals surface area contributed by atoms with Gasteiger partial charge in [0.15, 0.2) is 11.6 Å². The maximum atomic E-state index is 13.7. The topological polar surface area (TPSA) is 63.3 Å². The molecule has 0 saturated carbocycles. The molecule has 0 radical (unpaired) electrons. The molecule has 0 bridgehead atoms. The van der Waals surface area contributed by atoms with Gasteiger partial charge in [0.05, 0.1) is 4.90 Å². The molecule has 2 rings (SSSR count). The van der Waals surface area contributed by atoms with Crippen molar-refractivity contribution in [2.24, 2.45) is 0 Å². The lowest BCUT2D eigenvalue weighted by atomic mass is 10.1. The first kappa shape index (κ1) is 13.5. The summed E-state index contributed by atoms with van der Waals surface area (Å²) < 4.78 is 45.3. The zero-order chi connectivity index (χ0) is 14.2. The summed E-state index contributed by atoms with van der Waals surface area (Å²) in [5, 5.41) is 11.9. The zero-order valence-electron chi connectivity index (χ0n) is 9.41. The summed E-state index contributed by atoms with van der Waals surface area (Å²) in [6.45, 7) is 0. The quantitative estimate of drug-likeness (QED) is 0.694. The van der Waals surface area contributed by atoms with E-state index in [0.29, 0.717) is 0 Å². The third kappa shape index (κ3) is 2.30. The SMILES string of the molecule is CSc1c(F)cc(-c2cc(C(=O)O)on2)c(F)c1F. The van der Waals surface area contributed by atoms with E-state index < -0.39 is 39.6 Å². The minimum absolute atomic E-state index is 0.291. The van der Waals surface area contributed by atoms with Crippen LogP contribution in [0.3, 0.4) is 0 Å². The van der Waals surface area contributed by atoms with Crippen LogP contribution in [0.1, 0.15) is 10.6 Å². The number of aromatic carboxylic acids is 1. The minimum atomic E-state index is -1.42. The van der Waals surface area contributed by atoms with E-state index in [-0.39, 0.29) is 5.69 Å². The van der Waals surface area contributed by atoms with Gasteiger partial charge >= 0.3 is 5.97 Å². The molecule has 0 aliphatic carbocycles. The highest BCUT2D eigenvalue weighted by atomic mass is 32.2. The van der Waals surface area contributed by atoms with Gasteiger partial charge in [-0.05, 0) is 12.3 Å². The van der Waals surface area contributed by atoms with Crippen molar-refractivity contribution in [2.45, 2.75) is 4.90 Å². The van der Waals surface area contributed by atoms with E-state index in [1.54, 1.807) is 0 Å². The monoisotopic (exact) mass is 289 g/mol. The number of rotatable bonds is 3. The average molecular weight is 289 g/mol. The van der Waals surface area contributed by atoms with Gasteiger partial charge in [-0.3, -0.25) is 0 Å². The molecule has 1 aromatic heterocycles. The van der Waals surface area contributed by atoms with Gasteiger partial charge in [-0.15, -0.1) is 11.8 Å². The van der Waals surface area contributed by atoms with E-state index >= 15 is 0 Å². The second-order valence-corrected chi connectivity index (χ2v) is 4.27. The Morgan fingerprint density at radius 2 is 2.00 bits per heavy atom. The van der Waals surface area contributed by atoms with Crippen LogP contribution in [-0.4, -0.2) is 22.5 Å². The van der Waals surface area contributed by atoms with Gasteiger partial charge in [0.1, 0.15) is 11.5 Å².